The zero-order chi connectivity index (χ0) is 14.7. The molecule has 104 valence electrons. The second-order valence-electron chi connectivity index (χ2n) is 4.66. The smallest absolute Gasteiger partial charge is 0.137 e. The van der Waals surface area contributed by atoms with Crippen molar-refractivity contribution in [1.82, 2.24) is 9.97 Å². The minimum atomic E-state index is 0.183. The lowest BCUT2D eigenvalue weighted by atomic mass is 10.1. The van der Waals surface area contributed by atoms with Gasteiger partial charge in [-0.1, -0.05) is 11.6 Å². The van der Waals surface area contributed by atoms with Gasteiger partial charge in [-0.15, -0.1) is 0 Å². The number of nitrogens with two attached hydrogens (primary N) is 1. The van der Waals surface area contributed by atoms with Crippen LogP contribution in [0.25, 0.3) is 0 Å². The van der Waals surface area contributed by atoms with Crippen LogP contribution in [0.15, 0.2) is 30.6 Å². The number of nitrogen functional groups attached to an aromatic ring is 1. The first-order valence-corrected chi connectivity index (χ1v) is 6.58. The summed E-state index contributed by atoms with van der Waals surface area (Å²) in [4.78, 5) is 8.41. The Kier molecular flexibility index (Phi) is 4.20. The van der Waals surface area contributed by atoms with Crippen molar-refractivity contribution in [3.05, 3.63) is 46.9 Å². The average molecular weight is 290 g/mol. The summed E-state index contributed by atoms with van der Waals surface area (Å²) in [5.41, 5.74) is 7.67. The van der Waals surface area contributed by atoms with E-state index in [1.165, 1.54) is 0 Å². The van der Waals surface area contributed by atoms with Gasteiger partial charge in [0.05, 0.1) is 17.0 Å². The molecule has 0 saturated carbocycles. The van der Waals surface area contributed by atoms with E-state index in [0.29, 0.717) is 27.8 Å². The van der Waals surface area contributed by atoms with E-state index in [1.54, 1.807) is 30.6 Å². The number of hydrogen-bond acceptors (Lipinski definition) is 5. The number of halogens is 1. The van der Waals surface area contributed by atoms with Gasteiger partial charge in [0.15, 0.2) is 0 Å². The number of aromatic nitrogens is 2. The summed E-state index contributed by atoms with van der Waals surface area (Å²) in [6, 6.07) is 5.15. The van der Waals surface area contributed by atoms with Crippen LogP contribution in [-0.2, 0) is 0 Å². The summed E-state index contributed by atoms with van der Waals surface area (Å²) in [7, 11) is 0. The molecule has 2 rings (SSSR count). The largest absolute Gasteiger partial charge is 0.398 e. The van der Waals surface area contributed by atoms with Crippen LogP contribution in [0.5, 0.6) is 0 Å². The molecule has 0 unspecified atom stereocenters. The molecule has 0 bridgehead atoms. The molecule has 0 fully saturated rings. The van der Waals surface area contributed by atoms with Gasteiger partial charge < -0.3 is 11.1 Å². The van der Waals surface area contributed by atoms with Gasteiger partial charge in [-0.05, 0) is 32.0 Å². The zero-order valence-corrected chi connectivity index (χ0v) is 12.1. The number of nitrogens with one attached hydrogen (secondary N) is 2. The predicted octanol–water partition coefficient (Wildman–Crippen LogP) is 2.95. The van der Waals surface area contributed by atoms with Crippen LogP contribution in [0.4, 0.5) is 11.5 Å². The molecular weight excluding hydrogens is 274 g/mol. The van der Waals surface area contributed by atoms with Crippen molar-refractivity contribution in [2.75, 3.05) is 11.1 Å². The topological polar surface area (TPSA) is 87.7 Å². The standard InChI is InChI=1S/C14H16ClN5/c1-8(2)20-14-12(10(16)4-6-19-14)13(17)11-7-9(15)3-5-18-11/h3-8,17H,1-2H3,(H3,16,19,20). The summed E-state index contributed by atoms with van der Waals surface area (Å²) >= 11 is 5.94. The number of hydrogen-bond donors (Lipinski definition) is 3. The van der Waals surface area contributed by atoms with Crippen LogP contribution in [0, 0.1) is 5.41 Å². The first-order valence-electron chi connectivity index (χ1n) is 6.21. The SMILES string of the molecule is CC(C)Nc1nccc(N)c1C(=N)c1cc(Cl)ccn1. The van der Waals surface area contributed by atoms with Gasteiger partial charge in [-0.25, -0.2) is 4.98 Å². The molecule has 0 aliphatic heterocycles. The predicted molar refractivity (Wildman–Crippen MR) is 82.6 cm³/mol. The van der Waals surface area contributed by atoms with Crippen LogP contribution in [0.1, 0.15) is 25.1 Å². The van der Waals surface area contributed by atoms with Crippen molar-refractivity contribution in [2.24, 2.45) is 0 Å². The number of pyridine rings is 2. The lowest BCUT2D eigenvalue weighted by molar-refractivity contribution is 0.888. The van der Waals surface area contributed by atoms with Crippen molar-refractivity contribution < 1.29 is 0 Å². The third-order valence-electron chi connectivity index (χ3n) is 2.64. The maximum Gasteiger partial charge on any atom is 0.137 e. The van der Waals surface area contributed by atoms with Gasteiger partial charge in [0.2, 0.25) is 0 Å². The van der Waals surface area contributed by atoms with Crippen molar-refractivity contribution in [3.63, 3.8) is 0 Å². The summed E-state index contributed by atoms with van der Waals surface area (Å²) in [6.07, 6.45) is 3.18. The molecule has 0 aliphatic rings. The first-order chi connectivity index (χ1) is 9.49. The Labute approximate surface area is 122 Å². The molecule has 0 saturated heterocycles. The molecule has 5 nitrogen and oxygen atoms in total. The molecule has 0 atom stereocenters. The Bertz CT molecular complexity index is 639. The maximum absolute atomic E-state index is 8.31. The van der Waals surface area contributed by atoms with E-state index in [2.05, 4.69) is 15.3 Å². The van der Waals surface area contributed by atoms with E-state index in [1.807, 2.05) is 13.8 Å². The maximum atomic E-state index is 8.31. The Balaban J connectivity index is 2.48. The lowest BCUT2D eigenvalue weighted by Crippen LogP contribution is -2.17. The monoisotopic (exact) mass is 289 g/mol. The van der Waals surface area contributed by atoms with Crippen molar-refractivity contribution >= 4 is 28.8 Å². The van der Waals surface area contributed by atoms with E-state index in [4.69, 9.17) is 22.7 Å². The molecule has 0 radical (unpaired) electrons. The summed E-state index contributed by atoms with van der Waals surface area (Å²) < 4.78 is 0. The number of anilines is 2. The Morgan fingerprint density at radius 1 is 1.30 bits per heavy atom. The number of rotatable bonds is 4. The second kappa shape index (κ2) is 5.88. The van der Waals surface area contributed by atoms with Gasteiger partial charge in [0.1, 0.15) is 5.82 Å². The van der Waals surface area contributed by atoms with Gasteiger partial charge in [-0.2, -0.15) is 0 Å². The van der Waals surface area contributed by atoms with Crippen molar-refractivity contribution in [2.45, 2.75) is 19.9 Å². The third-order valence-corrected chi connectivity index (χ3v) is 2.87. The molecule has 20 heavy (non-hydrogen) atoms. The van der Waals surface area contributed by atoms with E-state index < -0.39 is 0 Å². The lowest BCUT2D eigenvalue weighted by Gasteiger charge is -2.15. The normalized spacial score (nSPS) is 10.6. The molecule has 0 aromatic carbocycles. The van der Waals surface area contributed by atoms with E-state index in [9.17, 15) is 0 Å². The molecule has 6 heteroatoms. The highest BCUT2D eigenvalue weighted by atomic mass is 35.5. The van der Waals surface area contributed by atoms with E-state index in [0.717, 1.165) is 0 Å². The highest BCUT2D eigenvalue weighted by molar-refractivity contribution is 6.31. The van der Waals surface area contributed by atoms with Gasteiger partial charge in [0.25, 0.3) is 0 Å². The highest BCUT2D eigenvalue weighted by Crippen LogP contribution is 2.23. The minimum absolute atomic E-state index is 0.183. The third kappa shape index (κ3) is 3.05. The van der Waals surface area contributed by atoms with Crippen molar-refractivity contribution in [3.8, 4) is 0 Å². The van der Waals surface area contributed by atoms with Gasteiger partial charge in [0, 0.05) is 29.1 Å². The molecule has 0 aliphatic carbocycles. The Hall–Kier alpha value is -2.14. The molecule has 2 aromatic heterocycles. The van der Waals surface area contributed by atoms with E-state index >= 15 is 0 Å². The van der Waals surface area contributed by atoms with Crippen LogP contribution in [0.3, 0.4) is 0 Å². The van der Waals surface area contributed by atoms with Crippen LogP contribution in [-0.4, -0.2) is 21.7 Å². The Morgan fingerprint density at radius 2 is 2.00 bits per heavy atom. The second-order valence-corrected chi connectivity index (χ2v) is 5.09. The average Bonchev–Trinajstić information content (AvgIpc) is 2.37. The summed E-state index contributed by atoms with van der Waals surface area (Å²) in [5.74, 6) is 0.576. The van der Waals surface area contributed by atoms with Crippen molar-refractivity contribution in [1.29, 1.82) is 5.41 Å². The van der Waals surface area contributed by atoms with Crippen LogP contribution >= 0.6 is 11.6 Å². The van der Waals surface area contributed by atoms with Gasteiger partial charge in [-0.3, -0.25) is 10.4 Å². The quantitative estimate of drug-likeness (QED) is 0.755. The van der Waals surface area contributed by atoms with Gasteiger partial charge >= 0.3 is 0 Å². The fourth-order valence-corrected chi connectivity index (χ4v) is 1.95. The highest BCUT2D eigenvalue weighted by Gasteiger charge is 2.16. The van der Waals surface area contributed by atoms with Crippen LogP contribution in [0.2, 0.25) is 5.02 Å². The zero-order valence-electron chi connectivity index (χ0n) is 11.3. The van der Waals surface area contributed by atoms with E-state index in [-0.39, 0.29) is 11.8 Å². The fraction of sp³-hybridized carbons (Fsp3) is 0.214. The number of nitrogens with zero attached hydrogens (tertiary/aromatic N) is 2. The molecule has 0 spiro atoms. The molecular formula is C14H16ClN5. The summed E-state index contributed by atoms with van der Waals surface area (Å²) in [6.45, 7) is 3.99. The minimum Gasteiger partial charge on any atom is -0.398 e. The molecule has 2 aromatic rings. The van der Waals surface area contributed by atoms with Crippen LogP contribution < -0.4 is 11.1 Å². The molecule has 2 heterocycles. The summed E-state index contributed by atoms with van der Waals surface area (Å²) in [5, 5.41) is 12.0. The Morgan fingerprint density at radius 3 is 2.65 bits per heavy atom. The first kappa shape index (κ1) is 14.3. The molecule has 4 N–H and O–H groups in total. The fourth-order valence-electron chi connectivity index (χ4n) is 1.79. The molecule has 0 amide bonds.